The summed E-state index contributed by atoms with van der Waals surface area (Å²) in [6.07, 6.45) is 0. The molecule has 0 aliphatic rings. The number of aryl methyl sites for hydroxylation is 1. The van der Waals surface area contributed by atoms with Crippen molar-refractivity contribution in [1.29, 1.82) is 0 Å². The number of amides is 1. The predicted octanol–water partition coefficient (Wildman–Crippen LogP) is 4.26. The van der Waals surface area contributed by atoms with Crippen LogP contribution in [-0.4, -0.2) is 20.9 Å². The molecule has 0 radical (unpaired) electrons. The standard InChI is InChI=1S/C20H14F2N4O/c1-12-9-18-19(25-26(24-18)16-7-5-14(21)6-8-16)11-17(12)23-20(27)13-3-2-4-15(22)10-13/h2-11H,1H3,(H,23,27). The van der Waals surface area contributed by atoms with Gasteiger partial charge in [0.15, 0.2) is 0 Å². The second-order valence-corrected chi connectivity index (χ2v) is 6.09. The highest BCUT2D eigenvalue weighted by Crippen LogP contribution is 2.23. The molecular formula is C20H14F2N4O. The molecule has 0 saturated heterocycles. The summed E-state index contributed by atoms with van der Waals surface area (Å²) >= 11 is 0. The third-order valence-electron chi connectivity index (χ3n) is 4.12. The summed E-state index contributed by atoms with van der Waals surface area (Å²) in [5, 5.41) is 11.5. The van der Waals surface area contributed by atoms with Gasteiger partial charge in [-0.05, 0) is 67.1 Å². The molecule has 0 bridgehead atoms. The Bertz CT molecular complexity index is 1150. The van der Waals surface area contributed by atoms with Crippen LogP contribution in [0, 0.1) is 18.6 Å². The van der Waals surface area contributed by atoms with Crippen LogP contribution < -0.4 is 5.32 Å². The van der Waals surface area contributed by atoms with E-state index in [9.17, 15) is 13.6 Å². The number of carbonyl (C=O) groups is 1. The number of halogens is 2. The van der Waals surface area contributed by atoms with Crippen LogP contribution >= 0.6 is 0 Å². The molecule has 4 aromatic rings. The molecule has 0 aliphatic heterocycles. The van der Waals surface area contributed by atoms with E-state index in [0.29, 0.717) is 22.4 Å². The Balaban J connectivity index is 1.67. The summed E-state index contributed by atoms with van der Waals surface area (Å²) in [4.78, 5) is 13.8. The van der Waals surface area contributed by atoms with E-state index in [1.165, 1.54) is 41.2 Å². The fraction of sp³-hybridized carbons (Fsp3) is 0.0500. The van der Waals surface area contributed by atoms with Gasteiger partial charge in [0.25, 0.3) is 5.91 Å². The average Bonchev–Trinajstić information content (AvgIpc) is 3.05. The molecule has 4 rings (SSSR count). The van der Waals surface area contributed by atoms with Crippen LogP contribution in [0.3, 0.4) is 0 Å². The summed E-state index contributed by atoms with van der Waals surface area (Å²) < 4.78 is 26.4. The number of hydrogen-bond acceptors (Lipinski definition) is 3. The van der Waals surface area contributed by atoms with Crippen molar-refractivity contribution in [2.75, 3.05) is 5.32 Å². The lowest BCUT2D eigenvalue weighted by Crippen LogP contribution is -2.12. The Morgan fingerprint density at radius 3 is 2.33 bits per heavy atom. The van der Waals surface area contributed by atoms with Gasteiger partial charge < -0.3 is 5.32 Å². The third kappa shape index (κ3) is 3.39. The minimum atomic E-state index is -0.475. The Hall–Kier alpha value is -3.61. The van der Waals surface area contributed by atoms with Gasteiger partial charge in [0.1, 0.15) is 22.7 Å². The normalized spacial score (nSPS) is 10.9. The van der Waals surface area contributed by atoms with Crippen molar-refractivity contribution in [2.24, 2.45) is 0 Å². The number of nitrogens with one attached hydrogen (secondary N) is 1. The van der Waals surface area contributed by atoms with Crippen LogP contribution in [0.5, 0.6) is 0 Å². The molecule has 5 nitrogen and oxygen atoms in total. The zero-order chi connectivity index (χ0) is 19.0. The maximum atomic E-state index is 13.3. The average molecular weight is 364 g/mol. The highest BCUT2D eigenvalue weighted by Gasteiger charge is 2.12. The molecule has 0 unspecified atom stereocenters. The molecule has 3 aromatic carbocycles. The van der Waals surface area contributed by atoms with Crippen LogP contribution in [0.2, 0.25) is 0 Å². The number of anilines is 1. The van der Waals surface area contributed by atoms with Crippen molar-refractivity contribution in [3.63, 3.8) is 0 Å². The van der Waals surface area contributed by atoms with Gasteiger partial charge in [0.05, 0.1) is 5.69 Å². The first kappa shape index (κ1) is 16.8. The molecular weight excluding hydrogens is 350 g/mol. The van der Waals surface area contributed by atoms with Crippen LogP contribution in [0.25, 0.3) is 16.7 Å². The van der Waals surface area contributed by atoms with E-state index >= 15 is 0 Å². The van der Waals surface area contributed by atoms with Gasteiger partial charge in [0, 0.05) is 11.3 Å². The zero-order valence-electron chi connectivity index (χ0n) is 14.3. The molecule has 7 heteroatoms. The number of rotatable bonds is 3. The topological polar surface area (TPSA) is 59.8 Å². The van der Waals surface area contributed by atoms with Crippen molar-refractivity contribution in [1.82, 2.24) is 15.0 Å². The van der Waals surface area contributed by atoms with Gasteiger partial charge in [-0.1, -0.05) is 6.07 Å². The van der Waals surface area contributed by atoms with Crippen molar-refractivity contribution in [2.45, 2.75) is 6.92 Å². The Kier molecular flexibility index (Phi) is 4.12. The van der Waals surface area contributed by atoms with E-state index in [4.69, 9.17) is 0 Å². The van der Waals surface area contributed by atoms with Crippen molar-refractivity contribution < 1.29 is 13.6 Å². The number of carbonyl (C=O) groups excluding carboxylic acids is 1. The number of nitrogens with zero attached hydrogens (tertiary/aromatic N) is 3. The fourth-order valence-electron chi connectivity index (χ4n) is 2.72. The van der Waals surface area contributed by atoms with Crippen LogP contribution in [-0.2, 0) is 0 Å². The third-order valence-corrected chi connectivity index (χ3v) is 4.12. The lowest BCUT2D eigenvalue weighted by molar-refractivity contribution is 0.102. The van der Waals surface area contributed by atoms with Crippen molar-refractivity contribution in [3.8, 4) is 5.69 Å². The van der Waals surface area contributed by atoms with Gasteiger partial charge in [-0.2, -0.15) is 4.80 Å². The predicted molar refractivity (Wildman–Crippen MR) is 97.9 cm³/mol. The molecule has 1 amide bonds. The second kappa shape index (κ2) is 6.60. The van der Waals surface area contributed by atoms with Crippen molar-refractivity contribution >= 4 is 22.6 Å². The summed E-state index contributed by atoms with van der Waals surface area (Å²) in [5.74, 6) is -1.23. The van der Waals surface area contributed by atoms with E-state index in [-0.39, 0.29) is 11.4 Å². The second-order valence-electron chi connectivity index (χ2n) is 6.09. The highest BCUT2D eigenvalue weighted by atomic mass is 19.1. The first-order valence-corrected chi connectivity index (χ1v) is 8.20. The lowest BCUT2D eigenvalue weighted by Gasteiger charge is -2.08. The molecule has 0 aliphatic carbocycles. The van der Waals surface area contributed by atoms with Gasteiger partial charge in [-0.25, -0.2) is 8.78 Å². The van der Waals surface area contributed by atoms with E-state index < -0.39 is 11.7 Å². The molecule has 134 valence electrons. The molecule has 0 saturated carbocycles. The molecule has 0 atom stereocenters. The van der Waals surface area contributed by atoms with E-state index in [2.05, 4.69) is 15.5 Å². The summed E-state index contributed by atoms with van der Waals surface area (Å²) in [7, 11) is 0. The highest BCUT2D eigenvalue weighted by molar-refractivity contribution is 6.05. The zero-order valence-corrected chi connectivity index (χ0v) is 14.3. The summed E-state index contributed by atoms with van der Waals surface area (Å²) in [6.45, 7) is 1.83. The van der Waals surface area contributed by atoms with Gasteiger partial charge in [0.2, 0.25) is 0 Å². The molecule has 0 spiro atoms. The number of hydrogen-bond donors (Lipinski definition) is 1. The SMILES string of the molecule is Cc1cc2nn(-c3ccc(F)cc3)nc2cc1NC(=O)c1cccc(F)c1. The minimum absolute atomic E-state index is 0.226. The first-order valence-electron chi connectivity index (χ1n) is 8.20. The van der Waals surface area contributed by atoms with Crippen LogP contribution in [0.1, 0.15) is 15.9 Å². The molecule has 1 N–H and O–H groups in total. The smallest absolute Gasteiger partial charge is 0.255 e. The minimum Gasteiger partial charge on any atom is -0.322 e. The van der Waals surface area contributed by atoms with Crippen LogP contribution in [0.4, 0.5) is 14.5 Å². The number of aromatic nitrogens is 3. The lowest BCUT2D eigenvalue weighted by atomic mass is 10.1. The maximum absolute atomic E-state index is 13.3. The molecule has 1 heterocycles. The van der Waals surface area contributed by atoms with E-state index in [1.54, 1.807) is 24.3 Å². The van der Waals surface area contributed by atoms with Gasteiger partial charge in [-0.3, -0.25) is 4.79 Å². The molecule has 1 aromatic heterocycles. The number of fused-ring (bicyclic) bond motifs is 1. The van der Waals surface area contributed by atoms with E-state index in [0.717, 1.165) is 5.56 Å². The molecule has 0 fully saturated rings. The number of benzene rings is 3. The summed E-state index contributed by atoms with van der Waals surface area (Å²) in [5.41, 5.74) is 3.40. The first-order chi connectivity index (χ1) is 13.0. The fourth-order valence-corrected chi connectivity index (χ4v) is 2.72. The van der Waals surface area contributed by atoms with Crippen molar-refractivity contribution in [3.05, 3.63) is 83.4 Å². The van der Waals surface area contributed by atoms with E-state index in [1.807, 2.05) is 6.92 Å². The maximum Gasteiger partial charge on any atom is 0.255 e. The Labute approximate surface area is 153 Å². The van der Waals surface area contributed by atoms with Gasteiger partial charge >= 0.3 is 0 Å². The molecule has 27 heavy (non-hydrogen) atoms. The van der Waals surface area contributed by atoms with Gasteiger partial charge in [-0.15, -0.1) is 10.2 Å². The summed E-state index contributed by atoms with van der Waals surface area (Å²) in [6, 6.07) is 14.8. The van der Waals surface area contributed by atoms with Crippen LogP contribution in [0.15, 0.2) is 60.7 Å². The Morgan fingerprint density at radius 1 is 0.926 bits per heavy atom. The Morgan fingerprint density at radius 2 is 1.63 bits per heavy atom. The monoisotopic (exact) mass is 364 g/mol. The quantitative estimate of drug-likeness (QED) is 0.591. The largest absolute Gasteiger partial charge is 0.322 e.